The predicted molar refractivity (Wildman–Crippen MR) is 156 cm³/mol. The van der Waals surface area contributed by atoms with Gasteiger partial charge in [0.15, 0.2) is 0 Å². The minimum absolute atomic E-state index is 0.391. The van der Waals surface area contributed by atoms with Crippen LogP contribution in [0.3, 0.4) is 0 Å². The number of nitrogens with zero attached hydrogens (tertiary/aromatic N) is 1. The van der Waals surface area contributed by atoms with E-state index in [0.717, 1.165) is 16.5 Å². The molecule has 210 valence electrons. The monoisotopic (exact) mass is 535 g/mol. The van der Waals surface area contributed by atoms with Crippen LogP contribution in [-0.2, 0) is 34.3 Å². The van der Waals surface area contributed by atoms with Crippen LogP contribution < -0.4 is 0 Å². The van der Waals surface area contributed by atoms with Crippen molar-refractivity contribution in [3.63, 3.8) is 0 Å². The average Bonchev–Trinajstić information content (AvgIpc) is 3.26. The molecule has 0 unspecified atom stereocenters. The lowest BCUT2D eigenvalue weighted by Gasteiger charge is -2.38. The Morgan fingerprint density at radius 3 is 1.26 bits per heavy atom. The zero-order chi connectivity index (χ0) is 28.9. The van der Waals surface area contributed by atoms with Crippen molar-refractivity contribution in [1.82, 2.24) is 4.98 Å². The van der Waals surface area contributed by atoms with Gasteiger partial charge in [0.1, 0.15) is 0 Å². The molecule has 1 aromatic heterocycles. The standard InChI is InChI=1S/C29H44B3NO6/c1-23(2)24(3,4)35-30(34-23)29(31-36-25(5,6)26(7,8)37-31,32-38-27(9,10)28(11,12)39-32)18-22-17-20-15-13-14-16-21(20)19-33-22/h13-17,19H,18H2,1-12H3. The molecule has 0 spiro atoms. The first-order chi connectivity index (χ1) is 17.7. The van der Waals surface area contributed by atoms with E-state index in [2.05, 4.69) is 101 Å². The third-order valence-corrected chi connectivity index (χ3v) is 10.3. The molecule has 5 rings (SSSR count). The number of aromatic nitrogens is 1. The first-order valence-corrected chi connectivity index (χ1v) is 14.1. The molecule has 0 saturated carbocycles. The van der Waals surface area contributed by atoms with E-state index in [1.165, 1.54) is 0 Å². The molecule has 0 amide bonds. The van der Waals surface area contributed by atoms with Crippen molar-refractivity contribution in [2.75, 3.05) is 0 Å². The predicted octanol–water partition coefficient (Wildman–Crippen LogP) is 5.87. The highest BCUT2D eigenvalue weighted by Crippen LogP contribution is 2.57. The van der Waals surface area contributed by atoms with Gasteiger partial charge in [0.2, 0.25) is 0 Å². The van der Waals surface area contributed by atoms with Gasteiger partial charge in [-0.1, -0.05) is 24.3 Å². The van der Waals surface area contributed by atoms with Crippen LogP contribution in [-0.4, -0.2) is 59.9 Å². The highest BCUT2D eigenvalue weighted by atomic mass is 16.7. The van der Waals surface area contributed by atoms with Crippen LogP contribution in [0.15, 0.2) is 36.5 Å². The summed E-state index contributed by atoms with van der Waals surface area (Å²) in [5.41, 5.74) is -2.69. The summed E-state index contributed by atoms with van der Waals surface area (Å²) < 4.78 is 40.9. The first-order valence-electron chi connectivity index (χ1n) is 14.1. The van der Waals surface area contributed by atoms with E-state index in [4.69, 9.17) is 32.9 Å². The highest BCUT2D eigenvalue weighted by molar-refractivity contribution is 6.89. The topological polar surface area (TPSA) is 68.3 Å². The summed E-state index contributed by atoms with van der Waals surface area (Å²) in [6, 6.07) is 10.3. The van der Waals surface area contributed by atoms with Crippen LogP contribution in [0.2, 0.25) is 5.11 Å². The van der Waals surface area contributed by atoms with Crippen LogP contribution in [0.1, 0.15) is 88.8 Å². The van der Waals surface area contributed by atoms with E-state index in [9.17, 15) is 0 Å². The van der Waals surface area contributed by atoms with E-state index >= 15 is 0 Å². The molecule has 3 aliphatic rings. The van der Waals surface area contributed by atoms with Crippen molar-refractivity contribution < 1.29 is 27.9 Å². The van der Waals surface area contributed by atoms with Gasteiger partial charge < -0.3 is 27.9 Å². The first kappa shape index (κ1) is 29.1. The second-order valence-corrected chi connectivity index (χ2v) is 14.6. The molecule has 0 aliphatic carbocycles. The van der Waals surface area contributed by atoms with Crippen LogP contribution >= 0.6 is 0 Å². The van der Waals surface area contributed by atoms with Gasteiger partial charge in [0.25, 0.3) is 0 Å². The Bertz CT molecular complexity index is 1120. The number of hydrogen-bond donors (Lipinski definition) is 0. The molecular formula is C29H44B3NO6. The summed E-state index contributed by atoms with van der Waals surface area (Å²) in [6.07, 6.45) is 2.30. The molecule has 7 nitrogen and oxygen atoms in total. The van der Waals surface area contributed by atoms with Crippen molar-refractivity contribution in [2.45, 2.75) is 128 Å². The quantitative estimate of drug-likeness (QED) is 0.444. The lowest BCUT2D eigenvalue weighted by atomic mass is 9.23. The number of benzene rings is 1. The largest absolute Gasteiger partial charge is 0.460 e. The fraction of sp³-hybridized carbons (Fsp3) is 0.690. The van der Waals surface area contributed by atoms with Crippen LogP contribution in [0.25, 0.3) is 10.8 Å². The average molecular weight is 535 g/mol. The summed E-state index contributed by atoms with van der Waals surface area (Å²) in [4.78, 5) is 4.89. The third-order valence-electron chi connectivity index (χ3n) is 10.3. The molecule has 4 heterocycles. The summed E-state index contributed by atoms with van der Waals surface area (Å²) in [5, 5.41) is 1.12. The lowest BCUT2D eigenvalue weighted by molar-refractivity contribution is 0.00578. The maximum atomic E-state index is 6.82. The van der Waals surface area contributed by atoms with Gasteiger partial charge in [0, 0.05) is 17.3 Å². The molecule has 2 aromatic rings. The van der Waals surface area contributed by atoms with Gasteiger partial charge in [-0.15, -0.1) is 0 Å². The Balaban J connectivity index is 1.71. The zero-order valence-corrected chi connectivity index (χ0v) is 25.8. The van der Waals surface area contributed by atoms with Crippen molar-refractivity contribution >= 4 is 32.1 Å². The molecule has 39 heavy (non-hydrogen) atoms. The summed E-state index contributed by atoms with van der Waals surface area (Å²) >= 11 is 0. The normalized spacial score (nSPS) is 26.5. The van der Waals surface area contributed by atoms with Crippen molar-refractivity contribution in [3.05, 3.63) is 42.2 Å². The fourth-order valence-corrected chi connectivity index (χ4v) is 5.31. The Morgan fingerprint density at radius 1 is 0.564 bits per heavy atom. The van der Waals surface area contributed by atoms with Gasteiger partial charge >= 0.3 is 21.4 Å². The third kappa shape index (κ3) is 4.50. The molecule has 0 N–H and O–H groups in total. The molecule has 0 bridgehead atoms. The fourth-order valence-electron chi connectivity index (χ4n) is 5.31. The number of rotatable bonds is 5. The van der Waals surface area contributed by atoms with Crippen LogP contribution in [0.5, 0.6) is 0 Å². The number of fused-ring (bicyclic) bond motifs is 1. The summed E-state index contributed by atoms with van der Waals surface area (Å²) in [6.45, 7) is 24.7. The molecule has 3 aliphatic heterocycles. The van der Waals surface area contributed by atoms with E-state index < -0.39 is 60.1 Å². The molecular weight excluding hydrogens is 491 g/mol. The Morgan fingerprint density at radius 2 is 0.897 bits per heavy atom. The molecule has 3 fully saturated rings. The van der Waals surface area contributed by atoms with Gasteiger partial charge in [-0.25, -0.2) is 0 Å². The van der Waals surface area contributed by atoms with Crippen molar-refractivity contribution in [3.8, 4) is 0 Å². The van der Waals surface area contributed by atoms with E-state index in [0.29, 0.717) is 6.42 Å². The summed E-state index contributed by atoms with van der Waals surface area (Å²) in [7, 11) is -2.29. The Hall–Kier alpha value is -1.42. The summed E-state index contributed by atoms with van der Waals surface area (Å²) in [5.74, 6) is 0. The van der Waals surface area contributed by atoms with Gasteiger partial charge in [-0.3, -0.25) is 4.98 Å². The Labute approximate surface area is 235 Å². The maximum Gasteiger partial charge on any atom is 0.460 e. The van der Waals surface area contributed by atoms with Gasteiger partial charge in [-0.2, -0.15) is 0 Å². The minimum atomic E-state index is -1.06. The van der Waals surface area contributed by atoms with E-state index in [1.807, 2.05) is 18.3 Å². The molecule has 0 atom stereocenters. The lowest BCUT2D eigenvalue weighted by Crippen LogP contribution is -2.60. The van der Waals surface area contributed by atoms with E-state index in [-0.39, 0.29) is 0 Å². The number of pyridine rings is 1. The van der Waals surface area contributed by atoms with Crippen molar-refractivity contribution in [2.24, 2.45) is 0 Å². The number of hydrogen-bond acceptors (Lipinski definition) is 7. The highest BCUT2D eigenvalue weighted by Gasteiger charge is 2.77. The van der Waals surface area contributed by atoms with Crippen LogP contribution in [0, 0.1) is 0 Å². The van der Waals surface area contributed by atoms with Crippen molar-refractivity contribution in [1.29, 1.82) is 0 Å². The molecule has 3 saturated heterocycles. The minimum Gasteiger partial charge on any atom is -0.403 e. The second-order valence-electron chi connectivity index (χ2n) is 14.6. The maximum absolute atomic E-state index is 6.82. The zero-order valence-electron chi connectivity index (χ0n) is 25.8. The van der Waals surface area contributed by atoms with E-state index in [1.54, 1.807) is 0 Å². The molecule has 1 aromatic carbocycles. The SMILES string of the molecule is CC1(C)OB(C(Cc2cc3ccccc3cn2)(B2OC(C)(C)C(C)(C)O2)B2OC(C)(C)C(C)(C)O2)OC1(C)C. The Kier molecular flexibility index (Phi) is 6.56. The van der Waals surface area contributed by atoms with Crippen LogP contribution in [0.4, 0.5) is 0 Å². The second kappa shape index (κ2) is 8.79. The molecule has 0 radical (unpaired) electrons. The molecule has 10 heteroatoms. The van der Waals surface area contributed by atoms with Gasteiger partial charge in [0.05, 0.1) is 38.7 Å². The van der Waals surface area contributed by atoms with Gasteiger partial charge in [-0.05, 0) is 101 Å². The smallest absolute Gasteiger partial charge is 0.403 e.